The van der Waals surface area contributed by atoms with Crippen LogP contribution in [-0.2, 0) is 4.79 Å². The van der Waals surface area contributed by atoms with Gasteiger partial charge in [-0.1, -0.05) is 11.6 Å². The fourth-order valence-corrected chi connectivity index (χ4v) is 3.39. The fourth-order valence-electron chi connectivity index (χ4n) is 3.17. The first-order chi connectivity index (χ1) is 16.4. The number of aliphatic hydroxyl groups excluding tert-OH is 1. The van der Waals surface area contributed by atoms with Gasteiger partial charge in [0.15, 0.2) is 6.10 Å². The number of nitrogens with one attached hydrogen (secondary N) is 1. The van der Waals surface area contributed by atoms with Crippen LogP contribution in [-0.4, -0.2) is 25.4 Å². The summed E-state index contributed by atoms with van der Waals surface area (Å²) in [5.74, 6) is -4.57. The van der Waals surface area contributed by atoms with Crippen LogP contribution in [0.5, 0.6) is 0 Å². The number of carbonyl (C=O) groups is 1. The van der Waals surface area contributed by atoms with Gasteiger partial charge in [0.2, 0.25) is 0 Å². The van der Waals surface area contributed by atoms with E-state index >= 15 is 4.39 Å². The van der Waals surface area contributed by atoms with Gasteiger partial charge < -0.3 is 16.2 Å². The highest BCUT2D eigenvalue weighted by Crippen LogP contribution is 2.33. The van der Waals surface area contributed by atoms with Crippen LogP contribution < -0.4 is 11.1 Å². The minimum absolute atomic E-state index is 0.0251. The number of rotatable bonds is 4. The van der Waals surface area contributed by atoms with Crippen molar-refractivity contribution in [2.75, 3.05) is 11.1 Å². The van der Waals surface area contributed by atoms with Crippen molar-refractivity contribution in [1.82, 2.24) is 14.4 Å². The molecule has 2 aromatic heterocycles. The van der Waals surface area contributed by atoms with E-state index in [0.29, 0.717) is 6.07 Å². The zero-order chi connectivity index (χ0) is 25.7. The minimum Gasteiger partial charge on any atom is -0.382 e. The number of aromatic nitrogens is 3. The van der Waals surface area contributed by atoms with Crippen molar-refractivity contribution in [3.05, 3.63) is 76.6 Å². The van der Waals surface area contributed by atoms with Gasteiger partial charge in [0.25, 0.3) is 5.91 Å². The molecule has 0 aliphatic rings. The van der Waals surface area contributed by atoms with Crippen LogP contribution in [0.3, 0.4) is 0 Å². The van der Waals surface area contributed by atoms with Crippen molar-refractivity contribution < 1.29 is 27.2 Å². The zero-order valence-electron chi connectivity index (χ0n) is 18.9. The Morgan fingerprint density at radius 3 is 2.62 bits per heavy atom. The predicted octanol–water partition coefficient (Wildman–Crippen LogP) is 4.03. The fraction of sp³-hybridized carbons (Fsp3) is 0.0952. The number of carbonyl (C=O) groups excluding carboxylic acids is 1. The summed E-state index contributed by atoms with van der Waals surface area (Å²) < 4.78 is 66.1. The van der Waals surface area contributed by atoms with Crippen LogP contribution in [0.25, 0.3) is 16.8 Å². The van der Waals surface area contributed by atoms with Gasteiger partial charge >= 0.3 is 0 Å². The van der Waals surface area contributed by atoms with Crippen LogP contribution in [0, 0.1) is 24.3 Å². The van der Waals surface area contributed by atoms with Gasteiger partial charge in [0, 0.05) is 21.4 Å². The third-order valence-corrected chi connectivity index (χ3v) is 4.85. The Bertz CT molecular complexity index is 1460. The number of imidazole rings is 1. The molecule has 7 nitrogen and oxygen atoms in total. The van der Waals surface area contributed by atoms with Crippen molar-refractivity contribution in [2.45, 2.75) is 13.0 Å². The second-order valence-electron chi connectivity index (χ2n) is 6.72. The molecule has 1 unspecified atom stereocenters. The van der Waals surface area contributed by atoms with E-state index in [4.69, 9.17) is 21.4 Å². The Morgan fingerprint density at radius 2 is 1.97 bits per heavy atom. The largest absolute Gasteiger partial charge is 0.382 e. The molecule has 4 aromatic rings. The summed E-state index contributed by atoms with van der Waals surface area (Å²) >= 11 is 6.11. The number of hydrogen-bond donors (Lipinski definition) is 3. The summed E-state index contributed by atoms with van der Waals surface area (Å²) in [6.45, 7) is -2.71. The third-order valence-electron chi connectivity index (χ3n) is 4.58. The summed E-state index contributed by atoms with van der Waals surface area (Å²) in [6, 6.07) is 5.49. The molecule has 32 heavy (non-hydrogen) atoms. The molecule has 1 atom stereocenters. The normalized spacial score (nSPS) is 14.0. The summed E-state index contributed by atoms with van der Waals surface area (Å²) in [5, 5.41) is 12.2. The van der Waals surface area contributed by atoms with Crippen molar-refractivity contribution in [3.8, 4) is 11.3 Å². The lowest BCUT2D eigenvalue weighted by Gasteiger charge is -2.13. The van der Waals surface area contributed by atoms with Gasteiger partial charge in [0.05, 0.1) is 6.20 Å². The molecule has 0 aliphatic heterocycles. The van der Waals surface area contributed by atoms with Crippen molar-refractivity contribution in [3.63, 3.8) is 0 Å². The molecule has 4 rings (SSSR count). The number of hydrogen-bond acceptors (Lipinski definition) is 5. The molecule has 1 amide bonds. The molecular weight excluding hydrogens is 447 g/mol. The van der Waals surface area contributed by atoms with Gasteiger partial charge in [-0.15, -0.1) is 0 Å². The van der Waals surface area contributed by atoms with Crippen LogP contribution >= 0.6 is 11.6 Å². The number of anilines is 2. The first kappa shape index (κ1) is 18.0. The Hall–Kier alpha value is -3.63. The van der Waals surface area contributed by atoms with Gasteiger partial charge in [-0.2, -0.15) is 0 Å². The molecule has 2 aromatic carbocycles. The molecule has 0 aliphatic carbocycles. The Balaban J connectivity index is 1.70. The second-order valence-corrected chi connectivity index (χ2v) is 7.11. The average molecular weight is 465 g/mol. The highest BCUT2D eigenvalue weighted by Gasteiger charge is 2.22. The van der Waals surface area contributed by atoms with Gasteiger partial charge in [-0.3, -0.25) is 9.20 Å². The van der Waals surface area contributed by atoms with E-state index in [2.05, 4.69) is 15.3 Å². The minimum atomic E-state index is -2.71. The monoisotopic (exact) mass is 464 g/mol. The van der Waals surface area contributed by atoms with E-state index in [1.54, 1.807) is 0 Å². The third kappa shape index (κ3) is 3.85. The Labute approximate surface area is 188 Å². The maximum absolute atomic E-state index is 15.1. The van der Waals surface area contributed by atoms with Gasteiger partial charge in [-0.25, -0.2) is 23.1 Å². The maximum Gasteiger partial charge on any atom is 0.257 e. The number of aliphatic hydroxyl groups is 1. The average Bonchev–Trinajstić information content (AvgIpc) is 3.17. The standard InChI is InChI=1S/C21H15ClF3N5O2/c1-9-28-17(18-20(26)27-8-16(22)30(9)18)14-3-2-13(7-15(14)25)29-21(32)19(31)10-4-11(23)6-12(24)5-10/h2-8,19,31H,1H3,(H2,26,27)(H,29,32)/i1D3. The number of halogens is 4. The molecule has 0 spiro atoms. The van der Waals surface area contributed by atoms with Crippen LogP contribution in [0.15, 0.2) is 42.6 Å². The second kappa shape index (κ2) is 8.13. The lowest BCUT2D eigenvalue weighted by molar-refractivity contribution is -0.124. The molecule has 0 saturated heterocycles. The highest BCUT2D eigenvalue weighted by molar-refractivity contribution is 6.29. The first-order valence-electron chi connectivity index (χ1n) is 10.4. The van der Waals surface area contributed by atoms with E-state index in [1.165, 1.54) is 12.1 Å². The molecule has 2 heterocycles. The van der Waals surface area contributed by atoms with E-state index in [-0.39, 0.29) is 39.0 Å². The molecule has 0 bridgehead atoms. The SMILES string of the molecule is [2H]C([2H])([2H])c1nc(-c2ccc(NC(=O)C(O)c3cc(F)cc(F)c3)cc2F)c2c(N)ncc(Cl)n12. The molecule has 4 N–H and O–H groups in total. The van der Waals surface area contributed by atoms with Crippen molar-refractivity contribution in [2.24, 2.45) is 0 Å². The van der Waals surface area contributed by atoms with E-state index in [1.807, 2.05) is 0 Å². The topological polar surface area (TPSA) is 106 Å². The van der Waals surface area contributed by atoms with E-state index in [0.717, 1.165) is 28.8 Å². The lowest BCUT2D eigenvalue weighted by Crippen LogP contribution is -2.21. The molecular formula is C21H15ClF3N5O2. The van der Waals surface area contributed by atoms with Gasteiger partial charge in [0.1, 0.15) is 45.5 Å². The molecule has 0 saturated carbocycles. The Morgan fingerprint density at radius 1 is 1.25 bits per heavy atom. The summed E-state index contributed by atoms with van der Waals surface area (Å²) in [5.41, 5.74) is 5.13. The number of benzene rings is 2. The summed E-state index contributed by atoms with van der Waals surface area (Å²) in [7, 11) is 0. The molecule has 0 radical (unpaired) electrons. The van der Waals surface area contributed by atoms with E-state index < -0.39 is 42.1 Å². The quantitative estimate of drug-likeness (QED) is 0.423. The number of aryl methyl sites for hydroxylation is 1. The van der Waals surface area contributed by atoms with Crippen molar-refractivity contribution in [1.29, 1.82) is 0 Å². The Kier molecular flexibility index (Phi) is 4.57. The number of nitrogens with zero attached hydrogens (tertiary/aromatic N) is 3. The summed E-state index contributed by atoms with van der Waals surface area (Å²) in [4.78, 5) is 20.2. The first-order valence-corrected chi connectivity index (χ1v) is 9.32. The predicted molar refractivity (Wildman–Crippen MR) is 112 cm³/mol. The summed E-state index contributed by atoms with van der Waals surface area (Å²) in [6.07, 6.45) is -0.801. The van der Waals surface area contributed by atoms with E-state index in [9.17, 15) is 18.7 Å². The highest BCUT2D eigenvalue weighted by atomic mass is 35.5. The van der Waals surface area contributed by atoms with Crippen LogP contribution in [0.4, 0.5) is 24.7 Å². The molecule has 164 valence electrons. The number of amides is 1. The zero-order valence-corrected chi connectivity index (χ0v) is 16.7. The molecule has 0 fully saturated rings. The number of fused-ring (bicyclic) bond motifs is 1. The van der Waals surface area contributed by atoms with Crippen molar-refractivity contribution >= 4 is 34.5 Å². The van der Waals surface area contributed by atoms with Gasteiger partial charge in [-0.05, 0) is 42.7 Å². The van der Waals surface area contributed by atoms with Crippen LogP contribution in [0.2, 0.25) is 5.15 Å². The lowest BCUT2D eigenvalue weighted by atomic mass is 10.1. The maximum atomic E-state index is 15.1. The van der Waals surface area contributed by atoms with Crippen LogP contribution in [0.1, 0.15) is 21.6 Å². The smallest absolute Gasteiger partial charge is 0.257 e. The number of nitrogens with two attached hydrogens (primary N) is 1. The number of nitrogen functional groups attached to an aromatic ring is 1. The molecule has 11 heteroatoms.